The molecule has 0 bridgehead atoms. The van der Waals surface area contributed by atoms with Crippen LogP contribution in [-0.4, -0.2) is 46.3 Å². The van der Waals surface area contributed by atoms with Gasteiger partial charge in [-0.1, -0.05) is 34.1 Å². The van der Waals surface area contributed by atoms with Crippen LogP contribution in [0.25, 0.3) is 11.0 Å². The van der Waals surface area contributed by atoms with E-state index in [2.05, 4.69) is 31.2 Å². The van der Waals surface area contributed by atoms with Gasteiger partial charge in [0, 0.05) is 29.0 Å². The number of hydrogen-bond acceptors (Lipinski definition) is 3. The second-order valence-corrected chi connectivity index (χ2v) is 7.93. The summed E-state index contributed by atoms with van der Waals surface area (Å²) in [6.07, 6.45) is 1.92. The van der Waals surface area contributed by atoms with Crippen molar-refractivity contribution >= 4 is 38.8 Å². The van der Waals surface area contributed by atoms with E-state index in [1.54, 1.807) is 18.2 Å². The molecule has 1 atom stereocenters. The predicted octanol–water partition coefficient (Wildman–Crippen LogP) is 3.46. The number of amides is 2. The average Bonchev–Trinajstić information content (AvgIpc) is 3.16. The number of halogens is 1. The average molecular weight is 441 g/mol. The fraction of sp³-hybridized carbons (Fsp3) is 0.286. The Bertz CT molecular complexity index is 983. The normalized spacial score (nSPS) is 16.9. The molecule has 4 rings (SSSR count). The summed E-state index contributed by atoms with van der Waals surface area (Å²) in [5.41, 5.74) is 2.49. The van der Waals surface area contributed by atoms with E-state index < -0.39 is 0 Å². The monoisotopic (exact) mass is 440 g/mol. The molecule has 1 unspecified atom stereocenters. The third kappa shape index (κ3) is 4.09. The summed E-state index contributed by atoms with van der Waals surface area (Å²) < 4.78 is 0.830. The molecular weight excluding hydrogens is 420 g/mol. The lowest BCUT2D eigenvalue weighted by Gasteiger charge is -2.32. The van der Waals surface area contributed by atoms with Crippen LogP contribution in [0.5, 0.6) is 0 Å². The molecule has 2 N–H and O–H groups in total. The summed E-state index contributed by atoms with van der Waals surface area (Å²) in [7, 11) is 0. The lowest BCUT2D eigenvalue weighted by Crippen LogP contribution is -2.44. The first-order valence-electron chi connectivity index (χ1n) is 9.36. The van der Waals surface area contributed by atoms with Crippen LogP contribution < -0.4 is 5.32 Å². The number of imidazole rings is 1. The van der Waals surface area contributed by atoms with Crippen molar-refractivity contribution in [2.75, 3.05) is 19.6 Å². The fourth-order valence-corrected chi connectivity index (χ4v) is 3.99. The number of piperidine rings is 1. The zero-order valence-corrected chi connectivity index (χ0v) is 16.9. The summed E-state index contributed by atoms with van der Waals surface area (Å²) in [6, 6.07) is 15.1. The van der Waals surface area contributed by atoms with Crippen LogP contribution in [0.2, 0.25) is 0 Å². The molecule has 0 radical (unpaired) electrons. The molecule has 0 aliphatic carbocycles. The maximum atomic E-state index is 12.6. The van der Waals surface area contributed by atoms with Crippen LogP contribution in [0, 0.1) is 0 Å². The van der Waals surface area contributed by atoms with Gasteiger partial charge in [-0.15, -0.1) is 0 Å². The lowest BCUT2D eigenvalue weighted by molar-refractivity contribution is -0.131. The van der Waals surface area contributed by atoms with Crippen molar-refractivity contribution in [3.8, 4) is 0 Å². The Morgan fingerprint density at radius 3 is 2.89 bits per heavy atom. The van der Waals surface area contributed by atoms with Crippen LogP contribution in [0.15, 0.2) is 53.0 Å². The number of nitrogens with one attached hydrogen (secondary N) is 2. The van der Waals surface area contributed by atoms with Crippen LogP contribution in [0.4, 0.5) is 0 Å². The van der Waals surface area contributed by atoms with Gasteiger partial charge in [0.05, 0.1) is 17.6 Å². The molecule has 1 aliphatic heterocycles. The number of aromatic nitrogens is 2. The first-order chi connectivity index (χ1) is 13.6. The number of likely N-dealkylation sites (tertiary alicyclic amines) is 1. The van der Waals surface area contributed by atoms with Crippen molar-refractivity contribution < 1.29 is 9.59 Å². The molecule has 3 aromatic rings. The van der Waals surface area contributed by atoms with Gasteiger partial charge in [0.25, 0.3) is 5.91 Å². The molecule has 0 saturated carbocycles. The molecule has 2 heterocycles. The molecule has 144 valence electrons. The highest BCUT2D eigenvalue weighted by Gasteiger charge is 2.26. The molecule has 1 saturated heterocycles. The summed E-state index contributed by atoms with van der Waals surface area (Å²) in [5.74, 6) is 0.799. The minimum absolute atomic E-state index is 0.00179. The van der Waals surface area contributed by atoms with E-state index in [0.29, 0.717) is 18.7 Å². The number of nitrogens with zero attached hydrogens (tertiary/aromatic N) is 2. The predicted molar refractivity (Wildman–Crippen MR) is 111 cm³/mol. The fourth-order valence-electron chi connectivity index (χ4n) is 3.59. The third-order valence-electron chi connectivity index (χ3n) is 5.06. The van der Waals surface area contributed by atoms with Crippen molar-refractivity contribution in [1.82, 2.24) is 20.2 Å². The smallest absolute Gasteiger partial charge is 0.251 e. The third-order valence-corrected chi connectivity index (χ3v) is 5.55. The van der Waals surface area contributed by atoms with Gasteiger partial charge in [0.2, 0.25) is 5.91 Å². The summed E-state index contributed by atoms with van der Waals surface area (Å²) in [4.78, 5) is 34.8. The van der Waals surface area contributed by atoms with E-state index in [4.69, 9.17) is 0 Å². The molecule has 28 heavy (non-hydrogen) atoms. The summed E-state index contributed by atoms with van der Waals surface area (Å²) in [6.45, 7) is 1.33. The zero-order chi connectivity index (χ0) is 19.5. The number of benzene rings is 2. The van der Waals surface area contributed by atoms with Gasteiger partial charge < -0.3 is 15.2 Å². The van der Waals surface area contributed by atoms with E-state index in [1.165, 1.54) is 0 Å². The Labute approximate surface area is 171 Å². The topological polar surface area (TPSA) is 78.1 Å². The van der Waals surface area contributed by atoms with Gasteiger partial charge in [0.1, 0.15) is 5.82 Å². The molecule has 0 spiro atoms. The van der Waals surface area contributed by atoms with Gasteiger partial charge in [-0.3, -0.25) is 9.59 Å². The SMILES string of the molecule is O=C(NCC(=O)N1CCCC(c2nc3ccccc3[nH]2)C1)c1cccc(Br)c1. The van der Waals surface area contributed by atoms with Gasteiger partial charge >= 0.3 is 0 Å². The van der Waals surface area contributed by atoms with Gasteiger partial charge in [-0.25, -0.2) is 4.98 Å². The van der Waals surface area contributed by atoms with Crippen LogP contribution >= 0.6 is 15.9 Å². The Kier molecular flexibility index (Phi) is 5.43. The highest BCUT2D eigenvalue weighted by molar-refractivity contribution is 9.10. The second kappa shape index (κ2) is 8.14. The number of fused-ring (bicyclic) bond motifs is 1. The number of rotatable bonds is 4. The molecular formula is C21H21BrN4O2. The first kappa shape index (κ1) is 18.7. The molecule has 2 aromatic carbocycles. The van der Waals surface area contributed by atoms with Crippen molar-refractivity contribution in [3.05, 3.63) is 64.4 Å². The Morgan fingerprint density at radius 1 is 1.21 bits per heavy atom. The highest BCUT2D eigenvalue weighted by atomic mass is 79.9. The molecule has 2 amide bonds. The highest BCUT2D eigenvalue weighted by Crippen LogP contribution is 2.26. The van der Waals surface area contributed by atoms with E-state index in [1.807, 2.05) is 35.2 Å². The van der Waals surface area contributed by atoms with Crippen molar-refractivity contribution in [1.29, 1.82) is 0 Å². The summed E-state index contributed by atoms with van der Waals surface area (Å²) in [5, 5.41) is 2.72. The Balaban J connectivity index is 1.37. The van der Waals surface area contributed by atoms with Crippen molar-refractivity contribution in [2.24, 2.45) is 0 Å². The number of aromatic amines is 1. The zero-order valence-electron chi connectivity index (χ0n) is 15.3. The van der Waals surface area contributed by atoms with E-state index >= 15 is 0 Å². The molecule has 1 aromatic heterocycles. The molecule has 1 fully saturated rings. The van der Waals surface area contributed by atoms with Gasteiger partial charge in [-0.05, 0) is 43.2 Å². The van der Waals surface area contributed by atoms with Crippen LogP contribution in [0.3, 0.4) is 0 Å². The molecule has 6 nitrogen and oxygen atoms in total. The van der Waals surface area contributed by atoms with Crippen LogP contribution in [-0.2, 0) is 4.79 Å². The maximum Gasteiger partial charge on any atom is 0.251 e. The number of H-pyrrole nitrogens is 1. The van der Waals surface area contributed by atoms with Crippen molar-refractivity contribution in [3.63, 3.8) is 0 Å². The quantitative estimate of drug-likeness (QED) is 0.651. The van der Waals surface area contributed by atoms with E-state index in [-0.39, 0.29) is 24.3 Å². The number of carbonyl (C=O) groups excluding carboxylic acids is 2. The maximum absolute atomic E-state index is 12.6. The van der Waals surface area contributed by atoms with Gasteiger partial charge in [-0.2, -0.15) is 0 Å². The second-order valence-electron chi connectivity index (χ2n) is 7.01. The van der Waals surface area contributed by atoms with Crippen molar-refractivity contribution in [2.45, 2.75) is 18.8 Å². The van der Waals surface area contributed by atoms with Crippen LogP contribution in [0.1, 0.15) is 34.9 Å². The largest absolute Gasteiger partial charge is 0.343 e. The minimum atomic E-state index is -0.250. The van der Waals surface area contributed by atoms with E-state index in [0.717, 1.165) is 34.2 Å². The first-order valence-corrected chi connectivity index (χ1v) is 10.2. The Morgan fingerprint density at radius 2 is 2.07 bits per heavy atom. The number of hydrogen-bond donors (Lipinski definition) is 2. The Hall–Kier alpha value is -2.67. The standard InChI is InChI=1S/C21H21BrN4O2/c22-16-7-3-5-14(11-16)21(28)23-12-19(27)26-10-4-6-15(13-26)20-24-17-8-1-2-9-18(17)25-20/h1-3,5,7-9,11,15H,4,6,10,12-13H2,(H,23,28)(H,24,25). The lowest BCUT2D eigenvalue weighted by atomic mass is 9.97. The molecule has 7 heteroatoms. The van der Waals surface area contributed by atoms with E-state index in [9.17, 15) is 9.59 Å². The number of carbonyl (C=O) groups is 2. The number of para-hydroxylation sites is 2. The van der Waals surface area contributed by atoms with Gasteiger partial charge in [0.15, 0.2) is 0 Å². The minimum Gasteiger partial charge on any atom is -0.343 e. The molecule has 1 aliphatic rings. The summed E-state index contributed by atoms with van der Waals surface area (Å²) >= 11 is 3.35.